The average molecular weight is 263 g/mol. The molecule has 4 nitrogen and oxygen atoms in total. The Bertz CT molecular complexity index is 495. The zero-order valence-corrected chi connectivity index (χ0v) is 11.4. The van der Waals surface area contributed by atoms with Gasteiger partial charge in [0.2, 0.25) is 11.7 Å². The number of thioether (sulfide) groups is 1. The molecule has 2 aromatic rings. The fraction of sp³-hybridized carbons (Fsp3) is 0.385. The van der Waals surface area contributed by atoms with E-state index in [0.717, 1.165) is 17.7 Å². The smallest absolute Gasteiger partial charge is 0.243 e. The maximum absolute atomic E-state index is 5.99. The van der Waals surface area contributed by atoms with E-state index in [2.05, 4.69) is 16.4 Å². The van der Waals surface area contributed by atoms with Gasteiger partial charge in [0.1, 0.15) is 0 Å². The Morgan fingerprint density at radius 2 is 2.06 bits per heavy atom. The van der Waals surface area contributed by atoms with Crippen LogP contribution in [-0.2, 0) is 0 Å². The van der Waals surface area contributed by atoms with E-state index in [-0.39, 0.29) is 6.04 Å². The molecule has 1 heterocycles. The van der Waals surface area contributed by atoms with Gasteiger partial charge in [-0.25, -0.2) is 0 Å². The summed E-state index contributed by atoms with van der Waals surface area (Å²) in [6.45, 7) is 2.05. The van der Waals surface area contributed by atoms with Crippen LogP contribution in [0.1, 0.15) is 23.9 Å². The Morgan fingerprint density at radius 3 is 2.72 bits per heavy atom. The van der Waals surface area contributed by atoms with Gasteiger partial charge in [-0.15, -0.1) is 0 Å². The number of benzene rings is 1. The minimum absolute atomic E-state index is 0.177. The molecule has 1 aromatic carbocycles. The molecule has 1 aromatic heterocycles. The number of nitrogens with zero attached hydrogens (tertiary/aromatic N) is 2. The first-order chi connectivity index (χ1) is 8.70. The van der Waals surface area contributed by atoms with E-state index in [9.17, 15) is 0 Å². The first-order valence-corrected chi connectivity index (χ1v) is 7.25. The molecule has 18 heavy (non-hydrogen) atoms. The van der Waals surface area contributed by atoms with Crippen LogP contribution < -0.4 is 5.73 Å². The van der Waals surface area contributed by atoms with Gasteiger partial charge < -0.3 is 10.3 Å². The summed E-state index contributed by atoms with van der Waals surface area (Å²) in [5.74, 6) is 2.10. The van der Waals surface area contributed by atoms with Crippen LogP contribution in [0.25, 0.3) is 11.4 Å². The normalized spacial score (nSPS) is 12.6. The highest BCUT2D eigenvalue weighted by molar-refractivity contribution is 7.98. The van der Waals surface area contributed by atoms with E-state index in [0.29, 0.717) is 11.7 Å². The van der Waals surface area contributed by atoms with Gasteiger partial charge >= 0.3 is 0 Å². The van der Waals surface area contributed by atoms with Crippen LogP contribution in [0.15, 0.2) is 28.8 Å². The molecule has 2 rings (SSSR count). The van der Waals surface area contributed by atoms with Crippen LogP contribution in [0.4, 0.5) is 0 Å². The monoisotopic (exact) mass is 263 g/mol. The third-order valence-electron chi connectivity index (χ3n) is 2.70. The number of nitrogens with two attached hydrogens (primary N) is 1. The van der Waals surface area contributed by atoms with Crippen molar-refractivity contribution in [1.82, 2.24) is 10.1 Å². The van der Waals surface area contributed by atoms with Gasteiger partial charge in [-0.2, -0.15) is 16.7 Å². The lowest BCUT2D eigenvalue weighted by atomic mass is 10.1. The number of rotatable bonds is 5. The molecule has 0 radical (unpaired) electrons. The number of hydrogen-bond acceptors (Lipinski definition) is 5. The Labute approximate surface area is 111 Å². The summed E-state index contributed by atoms with van der Waals surface area (Å²) in [5.41, 5.74) is 8.15. The summed E-state index contributed by atoms with van der Waals surface area (Å²) in [4.78, 5) is 4.35. The molecule has 0 aliphatic heterocycles. The molecule has 0 unspecified atom stereocenters. The lowest BCUT2D eigenvalue weighted by molar-refractivity contribution is 0.353. The van der Waals surface area contributed by atoms with Crippen LogP contribution in [-0.4, -0.2) is 22.1 Å². The van der Waals surface area contributed by atoms with Crippen molar-refractivity contribution in [3.8, 4) is 11.4 Å². The zero-order valence-electron chi connectivity index (χ0n) is 10.6. The molecular weight excluding hydrogens is 246 g/mol. The highest BCUT2D eigenvalue weighted by atomic mass is 32.2. The van der Waals surface area contributed by atoms with Crippen LogP contribution in [0.5, 0.6) is 0 Å². The van der Waals surface area contributed by atoms with Crippen molar-refractivity contribution in [2.24, 2.45) is 5.73 Å². The average Bonchev–Trinajstić information content (AvgIpc) is 2.86. The lowest BCUT2D eigenvalue weighted by Gasteiger charge is -2.03. The van der Waals surface area contributed by atoms with Crippen molar-refractivity contribution in [3.63, 3.8) is 0 Å². The summed E-state index contributed by atoms with van der Waals surface area (Å²) in [5, 5.41) is 3.97. The van der Waals surface area contributed by atoms with Crippen LogP contribution >= 0.6 is 11.8 Å². The Kier molecular flexibility index (Phi) is 4.38. The zero-order chi connectivity index (χ0) is 13.0. The molecule has 1 atom stereocenters. The summed E-state index contributed by atoms with van der Waals surface area (Å²) in [6, 6.07) is 7.84. The Balaban J connectivity index is 2.12. The van der Waals surface area contributed by atoms with Gasteiger partial charge in [0.05, 0.1) is 6.04 Å². The largest absolute Gasteiger partial charge is 0.337 e. The lowest BCUT2D eigenvalue weighted by Crippen LogP contribution is -2.11. The Hall–Kier alpha value is -1.33. The van der Waals surface area contributed by atoms with E-state index < -0.39 is 0 Å². The van der Waals surface area contributed by atoms with Gasteiger partial charge in [0, 0.05) is 5.56 Å². The molecule has 0 spiro atoms. The molecule has 0 aliphatic rings. The third kappa shape index (κ3) is 3.11. The molecule has 0 saturated carbocycles. The van der Waals surface area contributed by atoms with E-state index in [4.69, 9.17) is 10.3 Å². The number of aromatic nitrogens is 2. The number of hydrogen-bond donors (Lipinski definition) is 1. The predicted molar refractivity (Wildman–Crippen MR) is 74.4 cm³/mol. The first-order valence-electron chi connectivity index (χ1n) is 5.86. The third-order valence-corrected chi connectivity index (χ3v) is 3.35. The summed E-state index contributed by atoms with van der Waals surface area (Å²) in [6.07, 6.45) is 2.90. The highest BCUT2D eigenvalue weighted by Crippen LogP contribution is 2.20. The Morgan fingerprint density at radius 1 is 1.33 bits per heavy atom. The van der Waals surface area contributed by atoms with E-state index >= 15 is 0 Å². The number of aryl methyl sites for hydroxylation is 1. The summed E-state index contributed by atoms with van der Waals surface area (Å²) in [7, 11) is 0. The van der Waals surface area contributed by atoms with Crippen molar-refractivity contribution in [1.29, 1.82) is 0 Å². The second kappa shape index (κ2) is 6.02. The highest BCUT2D eigenvalue weighted by Gasteiger charge is 2.15. The second-order valence-corrected chi connectivity index (χ2v) is 5.20. The predicted octanol–water partition coefficient (Wildman–Crippen LogP) is 2.80. The fourth-order valence-electron chi connectivity index (χ4n) is 1.57. The SMILES string of the molecule is CSCC[C@H](N)c1nc(-c2ccc(C)cc2)no1. The van der Waals surface area contributed by atoms with Crippen molar-refractivity contribution in [2.75, 3.05) is 12.0 Å². The second-order valence-electron chi connectivity index (χ2n) is 4.21. The minimum Gasteiger partial charge on any atom is -0.337 e. The van der Waals surface area contributed by atoms with E-state index in [1.165, 1.54) is 5.56 Å². The van der Waals surface area contributed by atoms with Crippen LogP contribution in [0.2, 0.25) is 0 Å². The molecular formula is C13H17N3OS. The summed E-state index contributed by atoms with van der Waals surface area (Å²) < 4.78 is 5.21. The van der Waals surface area contributed by atoms with Gasteiger partial charge in [-0.1, -0.05) is 35.0 Å². The molecule has 0 fully saturated rings. The molecule has 5 heteroatoms. The van der Waals surface area contributed by atoms with Gasteiger partial charge in [0.15, 0.2) is 0 Å². The first kappa shape index (κ1) is 13.1. The van der Waals surface area contributed by atoms with E-state index in [1.54, 1.807) is 11.8 Å². The maximum Gasteiger partial charge on any atom is 0.243 e. The molecule has 96 valence electrons. The molecule has 2 N–H and O–H groups in total. The van der Waals surface area contributed by atoms with Crippen molar-refractivity contribution < 1.29 is 4.52 Å². The minimum atomic E-state index is -0.177. The van der Waals surface area contributed by atoms with Crippen LogP contribution in [0.3, 0.4) is 0 Å². The van der Waals surface area contributed by atoms with Gasteiger partial charge in [-0.05, 0) is 25.4 Å². The van der Waals surface area contributed by atoms with Crippen LogP contribution in [0, 0.1) is 6.92 Å². The van der Waals surface area contributed by atoms with Gasteiger partial charge in [-0.3, -0.25) is 0 Å². The fourth-order valence-corrected chi connectivity index (χ4v) is 2.06. The van der Waals surface area contributed by atoms with Gasteiger partial charge in [0.25, 0.3) is 0 Å². The molecule has 0 amide bonds. The van der Waals surface area contributed by atoms with Crippen molar-refractivity contribution >= 4 is 11.8 Å². The molecule has 0 saturated heterocycles. The summed E-state index contributed by atoms with van der Waals surface area (Å²) >= 11 is 1.76. The molecule has 0 bridgehead atoms. The van der Waals surface area contributed by atoms with E-state index in [1.807, 2.05) is 31.2 Å². The standard InChI is InChI=1S/C13H17N3OS/c1-9-3-5-10(6-4-9)12-15-13(17-16-12)11(14)7-8-18-2/h3-6,11H,7-8,14H2,1-2H3/t11-/m0/s1. The van der Waals surface area contributed by atoms with Crippen molar-refractivity contribution in [3.05, 3.63) is 35.7 Å². The topological polar surface area (TPSA) is 64.9 Å². The van der Waals surface area contributed by atoms with Crippen molar-refractivity contribution in [2.45, 2.75) is 19.4 Å². The maximum atomic E-state index is 5.99. The quantitative estimate of drug-likeness (QED) is 0.898. The molecule has 0 aliphatic carbocycles.